The monoisotopic (exact) mass is 321 g/mol. The van der Waals surface area contributed by atoms with Crippen LogP contribution in [0.2, 0.25) is 0 Å². The molecule has 0 aromatic heterocycles. The summed E-state index contributed by atoms with van der Waals surface area (Å²) in [7, 11) is 0. The third-order valence-electron chi connectivity index (χ3n) is 4.34. The summed E-state index contributed by atoms with van der Waals surface area (Å²) in [5, 5.41) is 0. The minimum Gasteiger partial charge on any atom is -0.467 e. The van der Waals surface area contributed by atoms with Gasteiger partial charge in [0.05, 0.1) is 6.61 Å². The maximum Gasteiger partial charge on any atom is 0.191 e. The topological polar surface area (TPSA) is 60.1 Å². The van der Waals surface area contributed by atoms with Gasteiger partial charge in [0.2, 0.25) is 0 Å². The van der Waals surface area contributed by atoms with Crippen LogP contribution in [0.25, 0.3) is 0 Å². The Morgan fingerprint density at radius 2 is 2.00 bits per heavy atom. The minimum atomic E-state index is -0.266. The van der Waals surface area contributed by atoms with Gasteiger partial charge < -0.3 is 20.1 Å². The largest absolute Gasteiger partial charge is 0.467 e. The first-order valence-electron chi connectivity index (χ1n) is 8.31. The van der Waals surface area contributed by atoms with Crippen LogP contribution in [-0.4, -0.2) is 37.3 Å². The summed E-state index contributed by atoms with van der Waals surface area (Å²) in [6.45, 7) is 3.09. The van der Waals surface area contributed by atoms with E-state index < -0.39 is 0 Å². The number of likely N-dealkylation sites (tertiary alicyclic amines) is 1. The van der Waals surface area contributed by atoms with Crippen molar-refractivity contribution in [1.82, 2.24) is 4.90 Å². The highest BCUT2D eigenvalue weighted by Gasteiger charge is 2.17. The Balaban J connectivity index is 1.63. The number of ether oxygens (including phenoxy) is 2. The molecule has 5 nitrogen and oxygen atoms in total. The summed E-state index contributed by atoms with van der Waals surface area (Å²) in [6, 6.07) is 2.98. The van der Waals surface area contributed by atoms with E-state index >= 15 is 0 Å². The van der Waals surface area contributed by atoms with Crippen LogP contribution in [0.3, 0.4) is 0 Å². The standard InChI is InChI=1S/C17H24FN3O2/c18-15-9-13(16-14(10-15)11-22-12-23-16)5-6-20-17(19)21-7-3-1-2-4-8-21/h9-10H,1-8,11-12H2,(H2,19,20). The molecule has 1 aromatic rings. The molecule has 1 aromatic carbocycles. The smallest absolute Gasteiger partial charge is 0.191 e. The van der Waals surface area contributed by atoms with Crippen molar-refractivity contribution in [3.63, 3.8) is 0 Å². The van der Waals surface area contributed by atoms with Crippen molar-refractivity contribution in [3.05, 3.63) is 29.1 Å². The van der Waals surface area contributed by atoms with E-state index in [0.29, 0.717) is 25.5 Å². The molecule has 1 saturated heterocycles. The number of aliphatic imine (C=N–C) groups is 1. The van der Waals surface area contributed by atoms with Gasteiger partial charge in [-0.2, -0.15) is 0 Å². The number of hydrogen-bond donors (Lipinski definition) is 1. The predicted molar refractivity (Wildman–Crippen MR) is 86.9 cm³/mol. The van der Waals surface area contributed by atoms with E-state index in [1.807, 2.05) is 0 Å². The van der Waals surface area contributed by atoms with E-state index in [0.717, 1.165) is 30.0 Å². The lowest BCUT2D eigenvalue weighted by molar-refractivity contribution is -0.0172. The summed E-state index contributed by atoms with van der Waals surface area (Å²) in [6.07, 6.45) is 5.47. The van der Waals surface area contributed by atoms with Crippen LogP contribution < -0.4 is 10.5 Å². The van der Waals surface area contributed by atoms with Crippen molar-refractivity contribution in [3.8, 4) is 5.75 Å². The van der Waals surface area contributed by atoms with E-state index in [-0.39, 0.29) is 12.6 Å². The highest BCUT2D eigenvalue weighted by molar-refractivity contribution is 5.78. The molecule has 1 fully saturated rings. The Labute approximate surface area is 136 Å². The van der Waals surface area contributed by atoms with Crippen LogP contribution >= 0.6 is 0 Å². The second kappa shape index (κ2) is 7.64. The molecule has 2 aliphatic heterocycles. The Morgan fingerprint density at radius 3 is 2.78 bits per heavy atom. The molecule has 3 rings (SSSR count). The summed E-state index contributed by atoms with van der Waals surface area (Å²) in [4.78, 5) is 6.63. The first-order valence-corrected chi connectivity index (χ1v) is 8.31. The summed E-state index contributed by atoms with van der Waals surface area (Å²) in [5.74, 6) is 1.07. The number of rotatable bonds is 3. The lowest BCUT2D eigenvalue weighted by Gasteiger charge is -2.22. The highest BCUT2D eigenvalue weighted by atomic mass is 19.1. The second-order valence-electron chi connectivity index (χ2n) is 6.05. The van der Waals surface area contributed by atoms with Crippen LogP contribution in [0.5, 0.6) is 5.75 Å². The van der Waals surface area contributed by atoms with Gasteiger partial charge in [0.1, 0.15) is 11.6 Å². The van der Waals surface area contributed by atoms with Gasteiger partial charge >= 0.3 is 0 Å². The molecule has 0 aliphatic carbocycles. The molecule has 0 amide bonds. The van der Waals surface area contributed by atoms with E-state index in [2.05, 4.69) is 9.89 Å². The number of fused-ring (bicyclic) bond motifs is 1. The fourth-order valence-electron chi connectivity index (χ4n) is 3.13. The van der Waals surface area contributed by atoms with Gasteiger partial charge in [0.25, 0.3) is 0 Å². The Morgan fingerprint density at radius 1 is 1.22 bits per heavy atom. The lowest BCUT2D eigenvalue weighted by atomic mass is 10.1. The normalized spacial score (nSPS) is 19.0. The third kappa shape index (κ3) is 4.13. The van der Waals surface area contributed by atoms with Crippen molar-refractivity contribution in [2.24, 2.45) is 10.7 Å². The molecular weight excluding hydrogens is 297 g/mol. The number of benzene rings is 1. The summed E-state index contributed by atoms with van der Waals surface area (Å²) >= 11 is 0. The number of guanidine groups is 1. The summed E-state index contributed by atoms with van der Waals surface area (Å²) < 4.78 is 24.4. The molecule has 0 saturated carbocycles. The van der Waals surface area contributed by atoms with Crippen molar-refractivity contribution in [2.45, 2.75) is 38.7 Å². The van der Waals surface area contributed by atoms with Crippen LogP contribution in [-0.2, 0) is 17.8 Å². The molecule has 0 radical (unpaired) electrons. The lowest BCUT2D eigenvalue weighted by Crippen LogP contribution is -2.38. The van der Waals surface area contributed by atoms with Crippen LogP contribution in [0, 0.1) is 5.82 Å². The first-order chi connectivity index (χ1) is 11.2. The van der Waals surface area contributed by atoms with Gasteiger partial charge in [0, 0.05) is 25.2 Å². The Kier molecular flexibility index (Phi) is 5.33. The van der Waals surface area contributed by atoms with Gasteiger partial charge in [-0.15, -0.1) is 0 Å². The van der Waals surface area contributed by atoms with Gasteiger partial charge in [-0.25, -0.2) is 4.39 Å². The maximum absolute atomic E-state index is 13.7. The maximum atomic E-state index is 13.7. The molecule has 0 spiro atoms. The first kappa shape index (κ1) is 16.1. The zero-order valence-electron chi connectivity index (χ0n) is 13.4. The molecule has 6 heteroatoms. The molecule has 126 valence electrons. The van der Waals surface area contributed by atoms with Crippen LogP contribution in [0.15, 0.2) is 17.1 Å². The molecule has 2 N–H and O–H groups in total. The zero-order valence-corrected chi connectivity index (χ0v) is 13.4. The summed E-state index contributed by atoms with van der Waals surface area (Å²) in [5.41, 5.74) is 7.69. The van der Waals surface area contributed by atoms with Crippen molar-refractivity contribution >= 4 is 5.96 Å². The molecule has 2 aliphatic rings. The van der Waals surface area contributed by atoms with Gasteiger partial charge in [0.15, 0.2) is 12.8 Å². The fraction of sp³-hybridized carbons (Fsp3) is 0.588. The molecule has 23 heavy (non-hydrogen) atoms. The zero-order chi connectivity index (χ0) is 16.1. The van der Waals surface area contributed by atoms with Crippen LogP contribution in [0.4, 0.5) is 4.39 Å². The Bertz CT molecular complexity index is 569. The van der Waals surface area contributed by atoms with E-state index in [1.165, 1.54) is 37.8 Å². The van der Waals surface area contributed by atoms with Gasteiger partial charge in [-0.05, 0) is 37.0 Å². The molecule has 0 bridgehead atoms. The van der Waals surface area contributed by atoms with E-state index in [4.69, 9.17) is 15.2 Å². The molecule has 2 heterocycles. The fourth-order valence-corrected chi connectivity index (χ4v) is 3.13. The quantitative estimate of drug-likeness (QED) is 0.686. The highest BCUT2D eigenvalue weighted by Crippen LogP contribution is 2.29. The van der Waals surface area contributed by atoms with Crippen LogP contribution in [0.1, 0.15) is 36.8 Å². The molecular formula is C17H24FN3O2. The number of halogens is 1. The number of hydrogen-bond acceptors (Lipinski definition) is 3. The van der Waals surface area contributed by atoms with Crippen molar-refractivity contribution in [1.29, 1.82) is 0 Å². The Hall–Kier alpha value is -1.82. The SMILES string of the molecule is NC(=NCCc1cc(F)cc2c1OCOC2)N1CCCCCC1. The van der Waals surface area contributed by atoms with Gasteiger partial charge in [-0.1, -0.05) is 12.8 Å². The average molecular weight is 321 g/mol. The molecule has 0 atom stereocenters. The van der Waals surface area contributed by atoms with E-state index in [9.17, 15) is 4.39 Å². The molecule has 0 unspecified atom stereocenters. The number of nitrogens with zero attached hydrogens (tertiary/aromatic N) is 2. The van der Waals surface area contributed by atoms with Crippen molar-refractivity contribution in [2.75, 3.05) is 26.4 Å². The van der Waals surface area contributed by atoms with Crippen molar-refractivity contribution < 1.29 is 13.9 Å². The second-order valence-corrected chi connectivity index (χ2v) is 6.05. The number of nitrogens with two attached hydrogens (primary N) is 1. The third-order valence-corrected chi connectivity index (χ3v) is 4.34. The predicted octanol–water partition coefficient (Wildman–Crippen LogP) is 2.43. The van der Waals surface area contributed by atoms with E-state index in [1.54, 1.807) is 0 Å². The average Bonchev–Trinajstić information content (AvgIpc) is 2.84. The minimum absolute atomic E-state index is 0.213. The van der Waals surface area contributed by atoms with Gasteiger partial charge in [-0.3, -0.25) is 4.99 Å².